The fourth-order valence-corrected chi connectivity index (χ4v) is 3.27. The monoisotopic (exact) mass is 443 g/mol. The number of nitro groups is 1. The number of halogens is 1. The molecule has 2 aromatic carbocycles. The van der Waals surface area contributed by atoms with E-state index in [1.807, 2.05) is 0 Å². The van der Waals surface area contributed by atoms with Crippen LogP contribution in [0.4, 0.5) is 17.1 Å². The molecule has 0 radical (unpaired) electrons. The van der Waals surface area contributed by atoms with Crippen LogP contribution in [0.5, 0.6) is 0 Å². The Balaban J connectivity index is 1.70. The van der Waals surface area contributed by atoms with Crippen LogP contribution < -0.4 is 10.2 Å². The third kappa shape index (κ3) is 4.56. The smallest absolute Gasteiger partial charge is 0.331 e. The van der Waals surface area contributed by atoms with Gasteiger partial charge in [-0.25, -0.2) is 4.79 Å². The van der Waals surface area contributed by atoms with Crippen LogP contribution in [0.3, 0.4) is 0 Å². The Morgan fingerprint density at radius 3 is 2.68 bits per heavy atom. The lowest BCUT2D eigenvalue weighted by Gasteiger charge is -2.41. The van der Waals surface area contributed by atoms with E-state index in [4.69, 9.17) is 16.3 Å². The minimum absolute atomic E-state index is 0.0243. The maximum Gasteiger partial charge on any atom is 0.331 e. The van der Waals surface area contributed by atoms with E-state index in [0.29, 0.717) is 16.9 Å². The quantitative estimate of drug-likeness (QED) is 0.326. The fourth-order valence-electron chi connectivity index (χ4n) is 3.08. The van der Waals surface area contributed by atoms with Crippen molar-refractivity contribution in [3.63, 3.8) is 0 Å². The molecule has 1 aliphatic rings. The molecule has 1 aliphatic heterocycles. The molecule has 0 atom stereocenters. The number of para-hydroxylation sites is 2. The summed E-state index contributed by atoms with van der Waals surface area (Å²) in [4.78, 5) is 48.9. The normalized spacial score (nSPS) is 14.7. The molecule has 2 aromatic rings. The molecule has 1 heterocycles. The van der Waals surface area contributed by atoms with Gasteiger partial charge in [0.25, 0.3) is 11.6 Å². The van der Waals surface area contributed by atoms with Gasteiger partial charge < -0.3 is 10.1 Å². The summed E-state index contributed by atoms with van der Waals surface area (Å²) in [6.07, 6.45) is 2.35. The van der Waals surface area contributed by atoms with Crippen molar-refractivity contribution < 1.29 is 24.0 Å². The number of nitrogens with zero attached hydrogens (tertiary/aromatic N) is 2. The second kappa shape index (κ2) is 8.57. The second-order valence-electron chi connectivity index (χ2n) is 7.17. The van der Waals surface area contributed by atoms with E-state index < -0.39 is 28.9 Å². The maximum atomic E-state index is 12.8. The first-order valence-electron chi connectivity index (χ1n) is 9.13. The van der Waals surface area contributed by atoms with Gasteiger partial charge >= 0.3 is 5.97 Å². The molecule has 0 fully saturated rings. The molecule has 1 N–H and O–H groups in total. The molecular weight excluding hydrogens is 426 g/mol. The summed E-state index contributed by atoms with van der Waals surface area (Å²) in [6, 6.07) is 10.9. The summed E-state index contributed by atoms with van der Waals surface area (Å²) >= 11 is 5.75. The summed E-state index contributed by atoms with van der Waals surface area (Å²) in [6.45, 7) is 2.59. The molecule has 0 spiro atoms. The number of fused-ring (bicyclic) bond motifs is 1. The van der Waals surface area contributed by atoms with Crippen molar-refractivity contribution in [3.8, 4) is 0 Å². The summed E-state index contributed by atoms with van der Waals surface area (Å²) in [5.74, 6) is -1.76. The van der Waals surface area contributed by atoms with Crippen molar-refractivity contribution in [1.82, 2.24) is 0 Å². The topological polar surface area (TPSA) is 119 Å². The minimum atomic E-state index is -1.18. The van der Waals surface area contributed by atoms with E-state index in [1.54, 1.807) is 38.1 Å². The van der Waals surface area contributed by atoms with Crippen LogP contribution in [0.2, 0.25) is 5.02 Å². The molecule has 3 rings (SSSR count). The van der Waals surface area contributed by atoms with Crippen LogP contribution >= 0.6 is 11.6 Å². The van der Waals surface area contributed by atoms with Crippen molar-refractivity contribution in [2.24, 2.45) is 0 Å². The molecule has 0 unspecified atom stereocenters. The summed E-state index contributed by atoms with van der Waals surface area (Å²) in [5, 5.41) is 13.7. The number of benzene rings is 2. The number of esters is 1. The Labute approximate surface area is 182 Å². The van der Waals surface area contributed by atoms with Crippen molar-refractivity contribution in [3.05, 3.63) is 69.2 Å². The third-order valence-corrected chi connectivity index (χ3v) is 4.99. The SMILES string of the molecule is CC1(C)C(=O)Nc2ccccc2N1C(=O)COC(=O)/C=C/c1ccc(Cl)c([N+](=O)[O-])c1. The lowest BCUT2D eigenvalue weighted by molar-refractivity contribution is -0.384. The Kier molecular flexibility index (Phi) is 6.07. The van der Waals surface area contributed by atoms with Gasteiger partial charge in [0.2, 0.25) is 5.91 Å². The van der Waals surface area contributed by atoms with Crippen molar-refractivity contribution in [1.29, 1.82) is 0 Å². The van der Waals surface area contributed by atoms with Crippen LogP contribution in [0.15, 0.2) is 48.5 Å². The zero-order valence-electron chi connectivity index (χ0n) is 16.6. The number of nitrogens with one attached hydrogen (secondary N) is 1. The molecule has 10 heteroatoms. The average molecular weight is 444 g/mol. The molecule has 0 saturated heterocycles. The highest BCUT2D eigenvalue weighted by Gasteiger charge is 2.43. The number of ether oxygens (including phenoxy) is 1. The van der Waals surface area contributed by atoms with Crippen LogP contribution in [-0.2, 0) is 19.1 Å². The number of hydrogen-bond acceptors (Lipinski definition) is 6. The van der Waals surface area contributed by atoms with Gasteiger partial charge in [0.05, 0.1) is 16.3 Å². The predicted molar refractivity (Wildman–Crippen MR) is 115 cm³/mol. The van der Waals surface area contributed by atoms with Gasteiger partial charge in [-0.3, -0.25) is 24.6 Å². The van der Waals surface area contributed by atoms with E-state index in [2.05, 4.69) is 5.32 Å². The Bertz CT molecular complexity index is 1110. The van der Waals surface area contributed by atoms with Gasteiger partial charge in [-0.15, -0.1) is 0 Å². The summed E-state index contributed by atoms with van der Waals surface area (Å²) in [5.41, 5.74) is -0.137. The zero-order valence-corrected chi connectivity index (χ0v) is 17.4. The minimum Gasteiger partial charge on any atom is -0.452 e. The molecule has 0 bridgehead atoms. The van der Waals surface area contributed by atoms with Crippen LogP contribution in [-0.4, -0.2) is 34.9 Å². The van der Waals surface area contributed by atoms with Gasteiger partial charge in [0.1, 0.15) is 10.6 Å². The lowest BCUT2D eigenvalue weighted by atomic mass is 9.96. The average Bonchev–Trinajstić information content (AvgIpc) is 2.72. The van der Waals surface area contributed by atoms with Crippen molar-refractivity contribution in [2.75, 3.05) is 16.8 Å². The van der Waals surface area contributed by atoms with Crippen molar-refractivity contribution >= 4 is 52.5 Å². The highest BCUT2D eigenvalue weighted by atomic mass is 35.5. The molecule has 160 valence electrons. The van der Waals surface area contributed by atoms with Gasteiger partial charge in [0.15, 0.2) is 6.61 Å². The number of anilines is 2. The highest BCUT2D eigenvalue weighted by molar-refractivity contribution is 6.32. The Hall–Kier alpha value is -3.72. The predicted octanol–water partition coefficient (Wildman–Crippen LogP) is 3.57. The van der Waals surface area contributed by atoms with E-state index in [1.165, 1.54) is 29.2 Å². The molecule has 0 saturated carbocycles. The number of carbonyl (C=O) groups excluding carboxylic acids is 3. The molecule has 31 heavy (non-hydrogen) atoms. The van der Waals surface area contributed by atoms with Crippen LogP contribution in [0.25, 0.3) is 6.08 Å². The second-order valence-corrected chi connectivity index (χ2v) is 7.58. The van der Waals surface area contributed by atoms with Gasteiger partial charge in [-0.1, -0.05) is 29.8 Å². The molecular formula is C21H18ClN3O6. The van der Waals surface area contributed by atoms with Crippen molar-refractivity contribution in [2.45, 2.75) is 19.4 Å². The first-order valence-corrected chi connectivity index (χ1v) is 9.51. The maximum absolute atomic E-state index is 12.8. The molecule has 9 nitrogen and oxygen atoms in total. The standard InChI is InChI=1S/C21H18ClN3O6/c1-21(2)20(28)23-15-5-3-4-6-16(15)24(21)18(26)12-31-19(27)10-8-13-7-9-14(22)17(11-13)25(29)30/h3-11H,12H2,1-2H3,(H,23,28)/b10-8+. The molecule has 0 aromatic heterocycles. The first kappa shape index (κ1) is 22.0. The number of carbonyl (C=O) groups is 3. The van der Waals surface area contributed by atoms with Gasteiger partial charge in [-0.2, -0.15) is 0 Å². The van der Waals surface area contributed by atoms with Gasteiger partial charge in [0, 0.05) is 12.1 Å². The van der Waals surface area contributed by atoms with E-state index in [-0.39, 0.29) is 16.6 Å². The number of hydrogen-bond donors (Lipinski definition) is 1. The van der Waals surface area contributed by atoms with E-state index in [0.717, 1.165) is 6.08 Å². The molecule has 2 amide bonds. The Morgan fingerprint density at radius 1 is 1.26 bits per heavy atom. The van der Waals surface area contributed by atoms with Gasteiger partial charge in [-0.05, 0) is 43.7 Å². The summed E-state index contributed by atoms with van der Waals surface area (Å²) in [7, 11) is 0. The van der Waals surface area contributed by atoms with Crippen LogP contribution in [0.1, 0.15) is 19.4 Å². The van der Waals surface area contributed by atoms with E-state index in [9.17, 15) is 24.5 Å². The number of nitro benzene ring substituents is 1. The highest BCUT2D eigenvalue weighted by Crippen LogP contribution is 2.36. The number of amides is 2. The zero-order chi connectivity index (χ0) is 22.8. The molecule has 0 aliphatic carbocycles. The fraction of sp³-hybridized carbons (Fsp3) is 0.190. The van der Waals surface area contributed by atoms with E-state index >= 15 is 0 Å². The lowest BCUT2D eigenvalue weighted by Crippen LogP contribution is -2.59. The third-order valence-electron chi connectivity index (χ3n) is 4.67. The van der Waals surface area contributed by atoms with Crippen LogP contribution in [0, 0.1) is 10.1 Å². The number of rotatable bonds is 5. The summed E-state index contributed by atoms with van der Waals surface area (Å²) < 4.78 is 5.02. The first-order chi connectivity index (χ1) is 14.6. The largest absolute Gasteiger partial charge is 0.452 e. The Morgan fingerprint density at radius 2 is 1.97 bits per heavy atom.